The largest absolute Gasteiger partial charge is 0.369 e. The van der Waals surface area contributed by atoms with Crippen LogP contribution < -0.4 is 9.62 Å². The lowest BCUT2D eigenvalue weighted by Gasteiger charge is -2.35. The van der Waals surface area contributed by atoms with Gasteiger partial charge in [0.2, 0.25) is 10.0 Å². The molecule has 1 aliphatic heterocycles. The van der Waals surface area contributed by atoms with Crippen LogP contribution >= 0.6 is 0 Å². The number of Topliss-reactive ketones (excluding diaryl/α,β-unsaturated/α-hetero) is 1. The number of aromatic nitrogens is 1. The van der Waals surface area contributed by atoms with Crippen molar-refractivity contribution in [3.63, 3.8) is 0 Å². The van der Waals surface area contributed by atoms with Gasteiger partial charge >= 0.3 is 0 Å². The Morgan fingerprint density at radius 2 is 1.67 bits per heavy atom. The number of hydrogen-bond donors (Lipinski definition) is 1. The van der Waals surface area contributed by atoms with Gasteiger partial charge in [0.05, 0.1) is 12.3 Å². The second-order valence-corrected chi connectivity index (χ2v) is 8.49. The molecule has 8 heteroatoms. The molecule has 2 aromatic rings. The molecule has 1 saturated heterocycles. The molecule has 0 amide bonds. The lowest BCUT2D eigenvalue weighted by molar-refractivity contribution is 0.0926. The van der Waals surface area contributed by atoms with Crippen LogP contribution in [-0.4, -0.2) is 62.6 Å². The van der Waals surface area contributed by atoms with Gasteiger partial charge < -0.3 is 4.90 Å². The van der Waals surface area contributed by atoms with Gasteiger partial charge in [-0.25, -0.2) is 8.42 Å². The predicted molar refractivity (Wildman–Crippen MR) is 107 cm³/mol. The fraction of sp³-hybridized carbons (Fsp3) is 0.368. The minimum Gasteiger partial charge on any atom is -0.369 e. The molecule has 1 aromatic carbocycles. The number of benzene rings is 1. The van der Waals surface area contributed by atoms with E-state index in [1.165, 1.54) is 0 Å². The molecule has 3 rings (SSSR count). The molecule has 1 N–H and O–H groups in total. The van der Waals surface area contributed by atoms with Crippen LogP contribution in [0.1, 0.15) is 17.3 Å². The Balaban J connectivity index is 1.52. The second kappa shape index (κ2) is 8.49. The van der Waals surface area contributed by atoms with Crippen molar-refractivity contribution < 1.29 is 13.2 Å². The van der Waals surface area contributed by atoms with E-state index >= 15 is 0 Å². The van der Waals surface area contributed by atoms with Crippen molar-refractivity contribution in [2.24, 2.45) is 0 Å². The van der Waals surface area contributed by atoms with Crippen LogP contribution in [0.15, 0.2) is 48.8 Å². The van der Waals surface area contributed by atoms with Crippen molar-refractivity contribution in [1.82, 2.24) is 9.88 Å². The summed E-state index contributed by atoms with van der Waals surface area (Å²) >= 11 is 0. The summed E-state index contributed by atoms with van der Waals surface area (Å²) in [5.41, 5.74) is 2.21. The third-order valence-corrected chi connectivity index (χ3v) is 5.93. The number of pyridine rings is 1. The second-order valence-electron chi connectivity index (χ2n) is 6.47. The molecule has 27 heavy (non-hydrogen) atoms. The Morgan fingerprint density at radius 3 is 2.26 bits per heavy atom. The van der Waals surface area contributed by atoms with Crippen molar-refractivity contribution in [2.75, 3.05) is 48.1 Å². The summed E-state index contributed by atoms with van der Waals surface area (Å²) in [6.45, 7) is 5.33. The Labute approximate surface area is 160 Å². The molecule has 7 nitrogen and oxygen atoms in total. The Morgan fingerprint density at radius 1 is 1.04 bits per heavy atom. The number of carbonyl (C=O) groups is 1. The lowest BCUT2D eigenvalue weighted by Crippen LogP contribution is -2.48. The molecule has 0 saturated carbocycles. The van der Waals surface area contributed by atoms with Gasteiger partial charge in [-0.2, -0.15) is 0 Å². The maximum Gasteiger partial charge on any atom is 0.232 e. The summed E-state index contributed by atoms with van der Waals surface area (Å²) in [6.07, 6.45) is 3.57. The molecule has 1 fully saturated rings. The normalized spacial score (nSPS) is 15.5. The van der Waals surface area contributed by atoms with Crippen LogP contribution in [-0.2, 0) is 10.0 Å². The summed E-state index contributed by atoms with van der Waals surface area (Å²) in [5, 5.41) is 0. The number of ketones is 1. The molecule has 2 heterocycles. The molecule has 0 bridgehead atoms. The van der Waals surface area contributed by atoms with E-state index < -0.39 is 10.0 Å². The number of rotatable bonds is 7. The van der Waals surface area contributed by atoms with E-state index in [1.54, 1.807) is 43.6 Å². The Kier molecular flexibility index (Phi) is 6.08. The summed E-state index contributed by atoms with van der Waals surface area (Å²) in [4.78, 5) is 21.0. The first kappa shape index (κ1) is 19.3. The van der Waals surface area contributed by atoms with Crippen LogP contribution in [0.5, 0.6) is 0 Å². The third kappa shape index (κ3) is 5.27. The van der Waals surface area contributed by atoms with Crippen molar-refractivity contribution in [3.05, 3.63) is 54.4 Å². The van der Waals surface area contributed by atoms with Crippen molar-refractivity contribution >= 4 is 27.2 Å². The van der Waals surface area contributed by atoms with E-state index in [1.807, 2.05) is 12.1 Å². The molecule has 0 spiro atoms. The van der Waals surface area contributed by atoms with Crippen molar-refractivity contribution in [1.29, 1.82) is 0 Å². The molecule has 144 valence electrons. The highest BCUT2D eigenvalue weighted by molar-refractivity contribution is 7.92. The minimum atomic E-state index is -3.31. The molecular weight excluding hydrogens is 364 g/mol. The average Bonchev–Trinajstić information content (AvgIpc) is 2.69. The maximum absolute atomic E-state index is 12.5. The molecule has 0 aliphatic carbocycles. The highest BCUT2D eigenvalue weighted by Gasteiger charge is 2.20. The van der Waals surface area contributed by atoms with Crippen molar-refractivity contribution in [3.8, 4) is 0 Å². The van der Waals surface area contributed by atoms with Crippen LogP contribution in [0.25, 0.3) is 0 Å². The van der Waals surface area contributed by atoms with Gasteiger partial charge in [0, 0.05) is 55.5 Å². The number of nitrogens with one attached hydrogen (secondary N) is 1. The fourth-order valence-electron chi connectivity index (χ4n) is 2.99. The standard InChI is InChI=1S/C19H24N4O3S/c1-2-27(25,26)21-17-5-3-16(4-6-17)19(24)15-22-11-13-23(14-12-22)18-7-9-20-10-8-18/h3-10,21H,2,11-15H2,1H3. The van der Waals surface area contributed by atoms with Gasteiger partial charge in [-0.05, 0) is 43.3 Å². The van der Waals surface area contributed by atoms with Gasteiger partial charge in [0.15, 0.2) is 5.78 Å². The first-order valence-corrected chi connectivity index (χ1v) is 10.6. The van der Waals surface area contributed by atoms with E-state index in [4.69, 9.17) is 0 Å². The molecule has 0 atom stereocenters. The first-order chi connectivity index (χ1) is 13.0. The molecular formula is C19H24N4O3S. The van der Waals surface area contributed by atoms with Gasteiger partial charge in [0.25, 0.3) is 0 Å². The van der Waals surface area contributed by atoms with E-state index in [0.717, 1.165) is 31.9 Å². The number of hydrogen-bond acceptors (Lipinski definition) is 6. The fourth-order valence-corrected chi connectivity index (χ4v) is 3.63. The number of sulfonamides is 1. The zero-order chi connectivity index (χ0) is 19.3. The van der Waals surface area contributed by atoms with Crippen LogP contribution in [0, 0.1) is 0 Å². The monoisotopic (exact) mass is 388 g/mol. The Hall–Kier alpha value is -2.45. The molecule has 0 radical (unpaired) electrons. The Bertz CT molecular complexity index is 862. The summed E-state index contributed by atoms with van der Waals surface area (Å²) in [5.74, 6) is 0.0522. The average molecular weight is 388 g/mol. The highest BCUT2D eigenvalue weighted by Crippen LogP contribution is 2.16. The van der Waals surface area contributed by atoms with E-state index in [-0.39, 0.29) is 11.5 Å². The van der Waals surface area contributed by atoms with Crippen LogP contribution in [0.4, 0.5) is 11.4 Å². The smallest absolute Gasteiger partial charge is 0.232 e. The lowest BCUT2D eigenvalue weighted by atomic mass is 10.1. The van der Waals surface area contributed by atoms with Gasteiger partial charge in [0.1, 0.15) is 0 Å². The molecule has 1 aromatic heterocycles. The summed E-state index contributed by atoms with van der Waals surface area (Å²) in [7, 11) is -3.31. The first-order valence-electron chi connectivity index (χ1n) is 8.98. The third-order valence-electron chi connectivity index (χ3n) is 4.63. The zero-order valence-electron chi connectivity index (χ0n) is 15.3. The number of piperazine rings is 1. The van der Waals surface area contributed by atoms with E-state index in [0.29, 0.717) is 17.8 Å². The molecule has 0 unspecified atom stereocenters. The van der Waals surface area contributed by atoms with Gasteiger partial charge in [-0.3, -0.25) is 19.4 Å². The predicted octanol–water partition coefficient (Wildman–Crippen LogP) is 1.85. The summed E-state index contributed by atoms with van der Waals surface area (Å²) < 4.78 is 25.7. The maximum atomic E-state index is 12.5. The number of carbonyl (C=O) groups excluding carboxylic acids is 1. The van der Waals surface area contributed by atoms with E-state index in [2.05, 4.69) is 19.5 Å². The topological polar surface area (TPSA) is 82.6 Å². The van der Waals surface area contributed by atoms with E-state index in [9.17, 15) is 13.2 Å². The number of nitrogens with zero attached hydrogens (tertiary/aromatic N) is 3. The zero-order valence-corrected chi connectivity index (χ0v) is 16.2. The van der Waals surface area contributed by atoms with Gasteiger partial charge in [-0.1, -0.05) is 0 Å². The van der Waals surface area contributed by atoms with Crippen molar-refractivity contribution in [2.45, 2.75) is 6.92 Å². The number of anilines is 2. The van der Waals surface area contributed by atoms with Crippen LogP contribution in [0.3, 0.4) is 0 Å². The summed E-state index contributed by atoms with van der Waals surface area (Å²) in [6, 6.07) is 10.6. The molecule has 1 aliphatic rings. The quantitative estimate of drug-likeness (QED) is 0.729. The SMILES string of the molecule is CCS(=O)(=O)Nc1ccc(C(=O)CN2CCN(c3ccncc3)CC2)cc1. The highest BCUT2D eigenvalue weighted by atomic mass is 32.2. The van der Waals surface area contributed by atoms with Gasteiger partial charge in [-0.15, -0.1) is 0 Å². The van der Waals surface area contributed by atoms with Crippen LogP contribution in [0.2, 0.25) is 0 Å². The minimum absolute atomic E-state index is 0.0130.